The monoisotopic (exact) mass is 795 g/mol. The van der Waals surface area contributed by atoms with E-state index in [1.165, 1.54) is 5.57 Å². The minimum atomic E-state index is -1.17. The zero-order chi connectivity index (χ0) is 41.2. The predicted molar refractivity (Wildman–Crippen MR) is 222 cm³/mol. The van der Waals surface area contributed by atoms with Crippen molar-refractivity contribution in [2.75, 3.05) is 26.7 Å². The number of ether oxygens (including phenoxy) is 1. The van der Waals surface area contributed by atoms with Gasteiger partial charge in [-0.2, -0.15) is 0 Å². The molecule has 5 aliphatic carbocycles. The fourth-order valence-corrected chi connectivity index (χ4v) is 13.8. The molecule has 8 nitrogen and oxygen atoms in total. The van der Waals surface area contributed by atoms with Crippen molar-refractivity contribution in [3.05, 3.63) is 46.0 Å². The molecular weight excluding hydrogens is 724 g/mol. The van der Waals surface area contributed by atoms with Gasteiger partial charge in [0.25, 0.3) is 0 Å². The lowest BCUT2D eigenvalue weighted by Crippen LogP contribution is -2.66. The first-order chi connectivity index (χ1) is 26.1. The third-order valence-corrected chi connectivity index (χ3v) is 17.2. The van der Waals surface area contributed by atoms with E-state index in [9.17, 15) is 24.6 Å². The summed E-state index contributed by atoms with van der Waals surface area (Å²) in [5.74, 6) is 0.000592. The van der Waals surface area contributed by atoms with Crippen LogP contribution in [0.1, 0.15) is 132 Å². The maximum absolute atomic E-state index is 14.3. The first-order valence-corrected chi connectivity index (χ1v) is 22.0. The maximum Gasteiger partial charge on any atom is 0.309 e. The Balaban J connectivity index is 1.28. The maximum atomic E-state index is 14.3. The van der Waals surface area contributed by atoms with Crippen molar-refractivity contribution < 1.29 is 29.3 Å². The SMILES string of the molecule is CNCCN(Cc1ccc(Cl)cc1)CC(O)[C@@]12CC[C@]3(C)[C@H](CC[C@@H]4[C@@]5(C)CC[C@H](OC(=O)CC(C)(C)C(=O)O)C(C)(C)[C@@H]5CC[C@]43C)C1=C(C(C)C)C(=O)C2. The molecule has 0 heterocycles. The van der Waals surface area contributed by atoms with Gasteiger partial charge in [-0.05, 0) is 135 Å². The molecule has 4 saturated carbocycles. The van der Waals surface area contributed by atoms with E-state index in [2.05, 4.69) is 70.8 Å². The molecule has 0 aliphatic heterocycles. The van der Waals surface area contributed by atoms with Crippen LogP contribution in [-0.2, 0) is 25.7 Å². The number of fused-ring (bicyclic) bond motifs is 7. The van der Waals surface area contributed by atoms with Crippen molar-refractivity contribution in [2.24, 2.45) is 56.2 Å². The van der Waals surface area contributed by atoms with Crippen LogP contribution >= 0.6 is 11.6 Å². The van der Waals surface area contributed by atoms with Crippen LogP contribution in [0.25, 0.3) is 0 Å². The summed E-state index contributed by atoms with van der Waals surface area (Å²) < 4.78 is 6.19. The van der Waals surface area contributed by atoms with Crippen LogP contribution in [0.15, 0.2) is 35.4 Å². The Hall–Kier alpha value is -2.26. The standard InChI is InChI=1S/C47H71ClN2O6/c1-29(2)39-33(51)25-47(36(52)28-50(24-23-49-10)27-30-11-13-31(48)14-12-30)22-21-45(8)32(40(39)47)15-16-35-44(7)19-18-37(56-38(53)26-42(3,4)41(54)55)43(5,6)34(44)17-20-46(35,45)9/h11-14,29,32,34-37,49,52H,15-28H2,1-10H3,(H,54,55)/t32-,34+,35-,36?,37+,44+,45-,46-,47+/m1/s1. The lowest BCUT2D eigenvalue weighted by atomic mass is 9.33. The second kappa shape index (κ2) is 15.4. The number of carbonyl (C=O) groups is 3. The third-order valence-electron chi connectivity index (χ3n) is 16.9. The van der Waals surface area contributed by atoms with Gasteiger partial charge in [0.2, 0.25) is 0 Å². The van der Waals surface area contributed by atoms with Gasteiger partial charge in [0.15, 0.2) is 5.78 Å². The van der Waals surface area contributed by atoms with Crippen molar-refractivity contribution in [1.29, 1.82) is 0 Å². The van der Waals surface area contributed by atoms with Crippen LogP contribution < -0.4 is 5.32 Å². The topological polar surface area (TPSA) is 116 Å². The number of esters is 1. The van der Waals surface area contributed by atoms with Gasteiger partial charge >= 0.3 is 11.9 Å². The molecule has 56 heavy (non-hydrogen) atoms. The molecule has 1 aromatic rings. The number of carbonyl (C=O) groups excluding carboxylic acids is 2. The Morgan fingerprint density at radius 2 is 1.64 bits per heavy atom. The molecule has 4 fully saturated rings. The molecule has 1 unspecified atom stereocenters. The molecule has 0 aromatic heterocycles. The summed E-state index contributed by atoms with van der Waals surface area (Å²) in [5, 5.41) is 26.3. The minimum Gasteiger partial charge on any atom is -0.481 e. The number of benzene rings is 1. The van der Waals surface area contributed by atoms with Gasteiger partial charge in [-0.3, -0.25) is 19.3 Å². The van der Waals surface area contributed by atoms with Crippen LogP contribution in [0.5, 0.6) is 0 Å². The number of allylic oxidation sites excluding steroid dienone is 1. The van der Waals surface area contributed by atoms with E-state index in [0.717, 1.165) is 75.6 Å². The van der Waals surface area contributed by atoms with Crippen LogP contribution in [0.2, 0.25) is 5.02 Å². The van der Waals surface area contributed by atoms with Crippen molar-refractivity contribution in [1.82, 2.24) is 10.2 Å². The van der Waals surface area contributed by atoms with E-state index in [4.69, 9.17) is 16.3 Å². The molecule has 0 radical (unpaired) electrons. The number of aliphatic carboxylic acids is 1. The van der Waals surface area contributed by atoms with Crippen LogP contribution in [0.4, 0.5) is 0 Å². The molecule has 0 bridgehead atoms. The number of halogens is 1. The number of carboxylic acid groups (broad SMARTS) is 1. The van der Waals surface area contributed by atoms with Gasteiger partial charge < -0.3 is 20.3 Å². The predicted octanol–water partition coefficient (Wildman–Crippen LogP) is 9.12. The highest BCUT2D eigenvalue weighted by Crippen LogP contribution is 2.77. The number of likely N-dealkylation sites (N-methyl/N-ethyl adjacent to an activating group) is 1. The number of nitrogens with one attached hydrogen (secondary N) is 1. The van der Waals surface area contributed by atoms with Crippen molar-refractivity contribution >= 4 is 29.3 Å². The Labute approximate surface area is 341 Å². The fraction of sp³-hybridized carbons (Fsp3) is 0.766. The first-order valence-electron chi connectivity index (χ1n) is 21.6. The Kier molecular flexibility index (Phi) is 11.9. The van der Waals surface area contributed by atoms with E-state index < -0.39 is 28.9 Å². The number of carboxylic acids is 1. The van der Waals surface area contributed by atoms with Crippen LogP contribution in [0, 0.1) is 56.2 Å². The fourth-order valence-electron chi connectivity index (χ4n) is 13.7. The highest BCUT2D eigenvalue weighted by molar-refractivity contribution is 6.30. The largest absolute Gasteiger partial charge is 0.481 e. The number of ketones is 1. The summed E-state index contributed by atoms with van der Waals surface area (Å²) in [6.45, 7) is 22.5. The summed E-state index contributed by atoms with van der Waals surface area (Å²) in [4.78, 5) is 41.5. The number of hydrogen-bond acceptors (Lipinski definition) is 7. The number of Topliss-reactive ketones (excluding diaryl/α,β-unsaturated/α-hetero) is 1. The summed E-state index contributed by atoms with van der Waals surface area (Å²) >= 11 is 6.22. The molecular formula is C47H71ClN2O6. The highest BCUT2D eigenvalue weighted by atomic mass is 35.5. The van der Waals surface area contributed by atoms with E-state index in [1.54, 1.807) is 13.8 Å². The second-order valence-corrected chi connectivity index (χ2v) is 21.5. The first kappa shape index (κ1) is 43.3. The quantitative estimate of drug-likeness (QED) is 0.170. The summed E-state index contributed by atoms with van der Waals surface area (Å²) in [7, 11) is 1.96. The normalized spacial score (nSPS) is 35.8. The molecule has 1 aromatic carbocycles. The zero-order valence-electron chi connectivity index (χ0n) is 36.0. The lowest BCUT2D eigenvalue weighted by Gasteiger charge is -2.72. The molecule has 6 rings (SSSR count). The second-order valence-electron chi connectivity index (χ2n) is 21.0. The Morgan fingerprint density at radius 1 is 0.964 bits per heavy atom. The molecule has 9 atom stereocenters. The molecule has 0 saturated heterocycles. The molecule has 5 aliphatic rings. The Bertz CT molecular complexity index is 1700. The molecule has 3 N–H and O–H groups in total. The Morgan fingerprint density at radius 3 is 2.27 bits per heavy atom. The molecule has 312 valence electrons. The van der Waals surface area contributed by atoms with E-state index >= 15 is 0 Å². The smallest absolute Gasteiger partial charge is 0.309 e. The van der Waals surface area contributed by atoms with E-state index in [-0.39, 0.29) is 51.8 Å². The lowest BCUT2D eigenvalue weighted by molar-refractivity contribution is -0.235. The molecule has 9 heteroatoms. The zero-order valence-corrected chi connectivity index (χ0v) is 36.8. The van der Waals surface area contributed by atoms with E-state index in [0.29, 0.717) is 36.4 Å². The minimum absolute atomic E-state index is 0.0296. The van der Waals surface area contributed by atoms with Crippen LogP contribution in [-0.4, -0.2) is 71.7 Å². The summed E-state index contributed by atoms with van der Waals surface area (Å²) in [6, 6.07) is 7.97. The molecule has 0 spiro atoms. The van der Waals surface area contributed by atoms with Crippen molar-refractivity contribution in [3.8, 4) is 0 Å². The average molecular weight is 796 g/mol. The number of hydrogen-bond donors (Lipinski definition) is 3. The number of rotatable bonds is 13. The van der Waals surface area contributed by atoms with Crippen molar-refractivity contribution in [3.63, 3.8) is 0 Å². The van der Waals surface area contributed by atoms with E-state index in [1.807, 2.05) is 19.2 Å². The summed E-state index contributed by atoms with van der Waals surface area (Å²) in [5.41, 5.74) is 1.53. The average Bonchev–Trinajstić information content (AvgIpc) is 3.42. The van der Waals surface area contributed by atoms with Gasteiger partial charge in [0, 0.05) is 48.5 Å². The van der Waals surface area contributed by atoms with Gasteiger partial charge in [0.05, 0.1) is 17.9 Å². The molecule has 0 amide bonds. The van der Waals surface area contributed by atoms with Crippen molar-refractivity contribution in [2.45, 2.75) is 145 Å². The van der Waals surface area contributed by atoms with Gasteiger partial charge in [-0.15, -0.1) is 0 Å². The van der Waals surface area contributed by atoms with Gasteiger partial charge in [0.1, 0.15) is 6.10 Å². The highest BCUT2D eigenvalue weighted by Gasteiger charge is 2.71. The van der Waals surface area contributed by atoms with Gasteiger partial charge in [-0.1, -0.05) is 77.8 Å². The van der Waals surface area contributed by atoms with Gasteiger partial charge in [-0.25, -0.2) is 0 Å². The van der Waals surface area contributed by atoms with Crippen LogP contribution in [0.3, 0.4) is 0 Å². The number of nitrogens with zero attached hydrogens (tertiary/aromatic N) is 1. The summed E-state index contributed by atoms with van der Waals surface area (Å²) in [6.07, 6.45) is 7.13. The number of aliphatic hydroxyl groups is 1. The third kappa shape index (κ3) is 7.12. The number of aliphatic hydroxyl groups excluding tert-OH is 1.